The first-order valence-electron chi connectivity index (χ1n) is 11.9. The van der Waals surface area contributed by atoms with E-state index in [9.17, 15) is 4.79 Å². The fraction of sp³-hybridized carbons (Fsp3) is 0.875. The number of hydrogen-bond acceptors (Lipinski definition) is 2. The van der Waals surface area contributed by atoms with Gasteiger partial charge in [-0.25, -0.2) is 4.79 Å². The topological polar surface area (TPSA) is 26.3 Å². The first kappa shape index (κ1) is 29.4. The highest BCUT2D eigenvalue weighted by Crippen LogP contribution is 2.15. The van der Waals surface area contributed by atoms with Crippen LogP contribution in [0, 0.1) is 0 Å². The summed E-state index contributed by atoms with van der Waals surface area (Å²) in [5.74, 6) is -0.303. The molecule has 0 saturated heterocycles. The molecule has 0 aliphatic heterocycles. The Balaban J connectivity index is 3.12. The van der Waals surface area contributed by atoms with Crippen molar-refractivity contribution < 1.29 is 9.53 Å². The number of hydrogen-bond donors (Lipinski definition) is 0. The van der Waals surface area contributed by atoms with Crippen LogP contribution in [-0.2, 0) is 9.53 Å². The molecule has 0 rings (SSSR count). The van der Waals surface area contributed by atoms with Crippen molar-refractivity contribution in [1.29, 1.82) is 0 Å². The van der Waals surface area contributed by atoms with E-state index >= 15 is 0 Å². The van der Waals surface area contributed by atoms with E-state index in [-0.39, 0.29) is 12.1 Å². The second kappa shape index (κ2) is 23.1. The second-order valence-electron chi connectivity index (χ2n) is 8.15. The van der Waals surface area contributed by atoms with Crippen LogP contribution in [0.25, 0.3) is 0 Å². The maximum absolute atomic E-state index is 11.1. The van der Waals surface area contributed by atoms with E-state index in [0.717, 1.165) is 22.4 Å². The van der Waals surface area contributed by atoms with Crippen molar-refractivity contribution in [2.75, 3.05) is 0 Å². The van der Waals surface area contributed by atoms with Crippen molar-refractivity contribution in [3.63, 3.8) is 0 Å². The molecule has 5 heteroatoms. The fourth-order valence-electron chi connectivity index (χ4n) is 3.55. The first-order chi connectivity index (χ1) is 14.1. The van der Waals surface area contributed by atoms with Crippen LogP contribution >= 0.6 is 31.9 Å². The molecule has 0 spiro atoms. The van der Waals surface area contributed by atoms with Crippen LogP contribution in [0.5, 0.6) is 0 Å². The highest BCUT2D eigenvalue weighted by atomic mass is 79.9. The van der Waals surface area contributed by atoms with E-state index in [0.29, 0.717) is 3.36 Å². The smallest absolute Gasteiger partial charge is 0.330 e. The average molecular weight is 553 g/mol. The van der Waals surface area contributed by atoms with Gasteiger partial charge in [-0.05, 0) is 19.8 Å². The van der Waals surface area contributed by atoms with Crippen LogP contribution in [0.4, 0.5) is 0 Å². The summed E-state index contributed by atoms with van der Waals surface area (Å²) in [7, 11) is 1.01. The monoisotopic (exact) mass is 550 g/mol. The van der Waals surface area contributed by atoms with Gasteiger partial charge in [0.15, 0.2) is 0 Å². The molecule has 0 aliphatic rings. The van der Waals surface area contributed by atoms with Gasteiger partial charge in [0.2, 0.25) is 0 Å². The van der Waals surface area contributed by atoms with E-state index in [1.807, 2.05) is 6.92 Å². The van der Waals surface area contributed by atoms with Crippen LogP contribution in [-0.4, -0.2) is 25.0 Å². The number of carbonyl (C=O) groups is 1. The third kappa shape index (κ3) is 24.5. The van der Waals surface area contributed by atoms with Crippen molar-refractivity contribution in [1.82, 2.24) is 0 Å². The Morgan fingerprint density at radius 2 is 1.17 bits per heavy atom. The number of unbranched alkanes of at least 4 members (excludes halogenated alkanes) is 15. The van der Waals surface area contributed by atoms with E-state index in [2.05, 4.69) is 38.4 Å². The van der Waals surface area contributed by atoms with E-state index < -0.39 is 0 Å². The zero-order valence-electron chi connectivity index (χ0n) is 18.7. The van der Waals surface area contributed by atoms with Gasteiger partial charge in [0, 0.05) is 6.08 Å². The molecule has 1 unspecified atom stereocenters. The van der Waals surface area contributed by atoms with Crippen molar-refractivity contribution in [3.8, 4) is 0 Å². The molecule has 0 aromatic carbocycles. The normalized spacial score (nSPS) is 12.3. The largest absolute Gasteiger partial charge is 0.460 e. The van der Waals surface area contributed by atoms with Gasteiger partial charge in [0.25, 0.3) is 0 Å². The zero-order chi connectivity index (χ0) is 21.6. The minimum Gasteiger partial charge on any atom is -0.460 e. The van der Waals surface area contributed by atoms with Crippen molar-refractivity contribution in [2.45, 2.75) is 132 Å². The van der Waals surface area contributed by atoms with Crippen LogP contribution in [0.3, 0.4) is 0 Å². The molecule has 0 aliphatic carbocycles. The molecule has 0 amide bonds. The van der Waals surface area contributed by atoms with Crippen LogP contribution < -0.4 is 0 Å². The molecule has 2 nitrogen and oxygen atoms in total. The summed E-state index contributed by atoms with van der Waals surface area (Å²) in [6.07, 6.45) is 24.3. The summed E-state index contributed by atoms with van der Waals surface area (Å²) in [5.41, 5.74) is 0. The number of halogens is 2. The van der Waals surface area contributed by atoms with E-state index in [1.165, 1.54) is 108 Å². The van der Waals surface area contributed by atoms with Gasteiger partial charge in [-0.3, -0.25) is 0 Å². The van der Waals surface area contributed by atoms with Crippen LogP contribution in [0.15, 0.2) is 12.7 Å². The number of esters is 1. The highest BCUT2D eigenvalue weighted by Gasteiger charge is 2.05. The molecule has 0 aromatic rings. The fourth-order valence-corrected chi connectivity index (χ4v) is 5.59. The van der Waals surface area contributed by atoms with Gasteiger partial charge < -0.3 is 4.74 Å². The van der Waals surface area contributed by atoms with Gasteiger partial charge in [0.1, 0.15) is 0 Å². The summed E-state index contributed by atoms with van der Waals surface area (Å²) in [4.78, 5) is 11.1. The van der Waals surface area contributed by atoms with Gasteiger partial charge in [-0.1, -0.05) is 141 Å². The van der Waals surface area contributed by atoms with Crippen LogP contribution in [0.2, 0.25) is 6.04 Å². The van der Waals surface area contributed by atoms with Gasteiger partial charge in [-0.15, -0.1) is 0 Å². The molecule has 2 radical (unpaired) electrons. The predicted octanol–water partition coefficient (Wildman–Crippen LogP) is 8.93. The third-order valence-electron chi connectivity index (χ3n) is 5.32. The molecule has 0 saturated carbocycles. The number of rotatable bonds is 22. The molecular formula is C24H44Br2O2Si. The van der Waals surface area contributed by atoms with Gasteiger partial charge >= 0.3 is 5.97 Å². The zero-order valence-corrected chi connectivity index (χ0v) is 22.9. The summed E-state index contributed by atoms with van der Waals surface area (Å²) in [5, 5.41) is 0. The lowest BCUT2D eigenvalue weighted by Gasteiger charge is -2.11. The molecular weight excluding hydrogens is 508 g/mol. The summed E-state index contributed by atoms with van der Waals surface area (Å²) in [6, 6.07) is 1.37. The molecule has 1 atom stereocenters. The standard InChI is InChI=1S/C24H44Br2O2Si/c1-3-23(27)28-22(2)20-18-16-14-12-10-8-6-4-5-7-9-11-13-15-17-19-21-29-24(25)26/h3,22,24H,1,4-21H2,2H3. The quantitative estimate of drug-likeness (QED) is 0.0441. The van der Waals surface area contributed by atoms with Crippen LogP contribution in [0.1, 0.15) is 116 Å². The first-order valence-corrected chi connectivity index (χ1v) is 15.0. The Hall–Kier alpha value is 0.387. The molecule has 0 fully saturated rings. The van der Waals surface area contributed by atoms with Gasteiger partial charge in [-0.2, -0.15) is 0 Å². The number of alkyl halides is 2. The Morgan fingerprint density at radius 1 is 0.793 bits per heavy atom. The lowest BCUT2D eigenvalue weighted by Crippen LogP contribution is -2.12. The Morgan fingerprint density at radius 3 is 1.55 bits per heavy atom. The molecule has 170 valence electrons. The molecule has 0 aromatic heterocycles. The second-order valence-corrected chi connectivity index (χ2v) is 14.4. The number of ether oxygens (including phenoxy) is 1. The Labute approximate surface area is 200 Å². The van der Waals surface area contributed by atoms with E-state index in [1.54, 1.807) is 0 Å². The van der Waals surface area contributed by atoms with Gasteiger partial charge in [0.05, 0.1) is 19.0 Å². The SMILES string of the molecule is C=CC(=O)OC(C)CCCCCCCCCCCCCCCCCC[Si]C(Br)Br. The van der Waals surface area contributed by atoms with Crippen molar-refractivity contribution in [2.24, 2.45) is 0 Å². The predicted molar refractivity (Wildman–Crippen MR) is 136 cm³/mol. The Kier molecular flexibility index (Phi) is 23.4. The van der Waals surface area contributed by atoms with Crippen molar-refractivity contribution in [3.05, 3.63) is 12.7 Å². The lowest BCUT2D eigenvalue weighted by molar-refractivity contribution is -0.142. The molecule has 0 N–H and O–H groups in total. The summed E-state index contributed by atoms with van der Waals surface area (Å²) < 4.78 is 5.71. The minimum absolute atomic E-state index is 0.0205. The number of carbonyl (C=O) groups excluding carboxylic acids is 1. The minimum atomic E-state index is -0.303. The Bertz CT molecular complexity index is 378. The molecule has 0 heterocycles. The van der Waals surface area contributed by atoms with E-state index in [4.69, 9.17) is 4.74 Å². The third-order valence-corrected chi connectivity index (χ3v) is 8.21. The summed E-state index contributed by atoms with van der Waals surface area (Å²) >= 11 is 7.10. The summed E-state index contributed by atoms with van der Waals surface area (Å²) in [6.45, 7) is 5.39. The van der Waals surface area contributed by atoms with Crippen molar-refractivity contribution >= 4 is 47.3 Å². The highest BCUT2D eigenvalue weighted by molar-refractivity contribution is 9.25. The average Bonchev–Trinajstić information content (AvgIpc) is 2.69. The lowest BCUT2D eigenvalue weighted by atomic mass is 10.0. The maximum Gasteiger partial charge on any atom is 0.330 e. The molecule has 29 heavy (non-hydrogen) atoms. The molecule has 0 bridgehead atoms. The maximum atomic E-state index is 11.1.